The molecule has 5 aromatic rings. The van der Waals surface area contributed by atoms with E-state index >= 15 is 0 Å². The molecule has 0 aliphatic heterocycles. The molecule has 0 N–H and O–H groups in total. The Morgan fingerprint density at radius 3 is 2.38 bits per heavy atom. The molecule has 2 heterocycles. The van der Waals surface area contributed by atoms with Crippen LogP contribution in [-0.2, 0) is 7.05 Å². The van der Waals surface area contributed by atoms with Crippen molar-refractivity contribution in [2.75, 3.05) is 0 Å². The van der Waals surface area contributed by atoms with E-state index < -0.39 is 0 Å². The molecule has 0 bridgehead atoms. The summed E-state index contributed by atoms with van der Waals surface area (Å²) in [6, 6.07) is 22.2. The van der Waals surface area contributed by atoms with E-state index in [0.29, 0.717) is 14.5 Å². The maximum atomic E-state index is 2.32. The first-order valence-electron chi connectivity index (χ1n) is 7.12. The Morgan fingerprint density at radius 1 is 0.714 bits per heavy atom. The SMILES string of the molecule is Cn1c2ccccc2c2c3[se]c4ccccc4c3ccc21. The predicted molar refractivity (Wildman–Crippen MR) is 92.4 cm³/mol. The molecule has 100 valence electrons. The molecule has 2 aromatic heterocycles. The Labute approximate surface area is 128 Å². The van der Waals surface area contributed by atoms with Crippen LogP contribution in [0.25, 0.3) is 41.1 Å². The van der Waals surface area contributed by atoms with Crippen molar-refractivity contribution in [3.63, 3.8) is 0 Å². The van der Waals surface area contributed by atoms with E-state index in [9.17, 15) is 0 Å². The van der Waals surface area contributed by atoms with Crippen molar-refractivity contribution < 1.29 is 0 Å². The number of hydrogen-bond acceptors (Lipinski definition) is 0. The Balaban J connectivity index is 2.16. The van der Waals surface area contributed by atoms with Crippen molar-refractivity contribution in [2.45, 2.75) is 0 Å². The molecule has 0 saturated carbocycles. The quantitative estimate of drug-likeness (QED) is 0.362. The predicted octanol–water partition coefficient (Wildman–Crippen LogP) is 4.69. The van der Waals surface area contributed by atoms with E-state index in [2.05, 4.69) is 72.3 Å². The van der Waals surface area contributed by atoms with E-state index in [0.717, 1.165) is 0 Å². The molecule has 3 aromatic carbocycles. The molecule has 2 heteroatoms. The van der Waals surface area contributed by atoms with Gasteiger partial charge < -0.3 is 0 Å². The summed E-state index contributed by atoms with van der Waals surface area (Å²) in [5, 5.41) is 5.72. The topological polar surface area (TPSA) is 4.93 Å². The number of benzene rings is 3. The van der Waals surface area contributed by atoms with Gasteiger partial charge in [0.05, 0.1) is 0 Å². The summed E-state index contributed by atoms with van der Waals surface area (Å²) in [6.07, 6.45) is 0. The zero-order valence-corrected chi connectivity index (χ0v) is 13.3. The van der Waals surface area contributed by atoms with Crippen LogP contribution in [0.2, 0.25) is 0 Å². The molecule has 21 heavy (non-hydrogen) atoms. The van der Waals surface area contributed by atoms with Crippen LogP contribution in [-0.4, -0.2) is 19.1 Å². The summed E-state index contributed by atoms with van der Waals surface area (Å²) in [6.45, 7) is 0. The Kier molecular flexibility index (Phi) is 2.22. The standard InChI is InChI=1S/C19H13NSe/c1-20-15-8-4-2-7-14(15)18-16(20)11-10-13-12-6-3-5-9-17(12)21-19(13)18/h2-11H,1H3. The molecule has 0 atom stereocenters. The summed E-state index contributed by atoms with van der Waals surface area (Å²) in [4.78, 5) is 0. The van der Waals surface area contributed by atoms with Gasteiger partial charge in [0.25, 0.3) is 0 Å². The van der Waals surface area contributed by atoms with Crippen molar-refractivity contribution in [2.24, 2.45) is 7.05 Å². The number of aromatic nitrogens is 1. The van der Waals surface area contributed by atoms with Crippen LogP contribution in [0.5, 0.6) is 0 Å². The fourth-order valence-corrected chi connectivity index (χ4v) is 6.07. The van der Waals surface area contributed by atoms with Crippen LogP contribution in [0.15, 0.2) is 60.7 Å². The number of nitrogens with zero attached hydrogens (tertiary/aromatic N) is 1. The Bertz CT molecular complexity index is 1140. The van der Waals surface area contributed by atoms with E-state index in [1.165, 1.54) is 36.8 Å². The number of hydrogen-bond donors (Lipinski definition) is 0. The second-order valence-electron chi connectivity index (χ2n) is 5.51. The molecule has 5 rings (SSSR count). The normalized spacial score (nSPS) is 12.0. The van der Waals surface area contributed by atoms with E-state index in [1.807, 2.05) is 0 Å². The summed E-state index contributed by atoms with van der Waals surface area (Å²) < 4.78 is 5.39. The molecule has 0 aliphatic rings. The van der Waals surface area contributed by atoms with Crippen LogP contribution in [0.3, 0.4) is 0 Å². The van der Waals surface area contributed by atoms with Crippen molar-refractivity contribution in [3.8, 4) is 0 Å². The van der Waals surface area contributed by atoms with Gasteiger partial charge >= 0.3 is 128 Å². The van der Waals surface area contributed by atoms with Gasteiger partial charge in [-0.3, -0.25) is 0 Å². The van der Waals surface area contributed by atoms with Crippen molar-refractivity contribution in [3.05, 3.63) is 60.7 Å². The van der Waals surface area contributed by atoms with E-state index in [1.54, 1.807) is 4.26 Å². The zero-order chi connectivity index (χ0) is 14.0. The number of para-hydroxylation sites is 1. The van der Waals surface area contributed by atoms with Gasteiger partial charge in [0.2, 0.25) is 0 Å². The van der Waals surface area contributed by atoms with Gasteiger partial charge in [-0.1, -0.05) is 0 Å². The minimum atomic E-state index is 0.412. The van der Waals surface area contributed by atoms with Gasteiger partial charge in [0.15, 0.2) is 0 Å². The Hall–Kier alpha value is -2.02. The third-order valence-corrected chi connectivity index (χ3v) is 6.95. The first-order valence-corrected chi connectivity index (χ1v) is 8.83. The average Bonchev–Trinajstić information content (AvgIpc) is 3.04. The summed E-state index contributed by atoms with van der Waals surface area (Å²) in [7, 11) is 2.17. The Morgan fingerprint density at radius 2 is 1.48 bits per heavy atom. The summed E-state index contributed by atoms with van der Waals surface area (Å²) in [5.74, 6) is 0. The summed E-state index contributed by atoms with van der Waals surface area (Å²) >= 11 is 0.412. The van der Waals surface area contributed by atoms with Crippen molar-refractivity contribution in [1.29, 1.82) is 0 Å². The number of aryl methyl sites for hydroxylation is 1. The molecule has 1 nitrogen and oxygen atoms in total. The monoisotopic (exact) mass is 335 g/mol. The molecular weight excluding hydrogens is 321 g/mol. The fourth-order valence-electron chi connectivity index (χ4n) is 3.43. The van der Waals surface area contributed by atoms with Gasteiger partial charge in [0, 0.05) is 0 Å². The molecule has 0 spiro atoms. The fraction of sp³-hybridized carbons (Fsp3) is 0.0526. The van der Waals surface area contributed by atoms with Gasteiger partial charge in [-0.15, -0.1) is 0 Å². The van der Waals surface area contributed by atoms with Crippen LogP contribution in [0.4, 0.5) is 0 Å². The van der Waals surface area contributed by atoms with Crippen molar-refractivity contribution in [1.82, 2.24) is 4.57 Å². The second-order valence-corrected chi connectivity index (χ2v) is 7.72. The van der Waals surface area contributed by atoms with Crippen LogP contribution < -0.4 is 0 Å². The summed E-state index contributed by atoms with van der Waals surface area (Å²) in [5.41, 5.74) is 2.68. The molecule has 0 amide bonds. The minimum absolute atomic E-state index is 0.412. The molecule has 0 unspecified atom stereocenters. The molecular formula is C19H13NSe. The van der Waals surface area contributed by atoms with Gasteiger partial charge in [-0.25, -0.2) is 0 Å². The van der Waals surface area contributed by atoms with Crippen LogP contribution in [0, 0.1) is 0 Å². The number of rotatable bonds is 0. The number of fused-ring (bicyclic) bond motifs is 7. The van der Waals surface area contributed by atoms with Crippen molar-refractivity contribution >= 4 is 55.6 Å². The van der Waals surface area contributed by atoms with E-state index in [-0.39, 0.29) is 0 Å². The van der Waals surface area contributed by atoms with Gasteiger partial charge in [0.1, 0.15) is 0 Å². The van der Waals surface area contributed by atoms with Crippen LogP contribution in [0.1, 0.15) is 0 Å². The average molecular weight is 334 g/mol. The molecule has 0 radical (unpaired) electrons. The molecule has 0 saturated heterocycles. The third kappa shape index (κ3) is 1.41. The third-order valence-electron chi connectivity index (χ3n) is 4.42. The van der Waals surface area contributed by atoms with Crippen LogP contribution >= 0.6 is 0 Å². The second kappa shape index (κ2) is 4.00. The molecule has 0 aliphatic carbocycles. The van der Waals surface area contributed by atoms with E-state index in [4.69, 9.17) is 0 Å². The first kappa shape index (κ1) is 11.6. The molecule has 0 fully saturated rings. The first-order chi connectivity index (χ1) is 10.3. The van der Waals surface area contributed by atoms with Gasteiger partial charge in [-0.2, -0.15) is 0 Å². The van der Waals surface area contributed by atoms with Gasteiger partial charge in [-0.05, 0) is 0 Å². The maximum absolute atomic E-state index is 2.32. The zero-order valence-electron chi connectivity index (χ0n) is 11.6.